The molecule has 0 atom stereocenters. The number of carbonyl (C=O) groups excluding carboxylic acids is 1. The Hall–Kier alpha value is -1.17. The Morgan fingerprint density at radius 2 is 2.21 bits per heavy atom. The lowest BCUT2D eigenvalue weighted by Gasteiger charge is -2.19. The monoisotopic (exact) mass is 326 g/mol. The van der Waals surface area contributed by atoms with Crippen molar-refractivity contribution in [3.8, 4) is 0 Å². The number of nitrogens with zero attached hydrogens (tertiary/aromatic N) is 3. The predicted molar refractivity (Wildman–Crippen MR) is 78.3 cm³/mol. The zero-order chi connectivity index (χ0) is 14.0. The first-order valence-corrected chi connectivity index (χ1v) is 7.30. The Kier molecular flexibility index (Phi) is 4.39. The average molecular weight is 327 g/mol. The molecule has 1 amide bonds. The van der Waals surface area contributed by atoms with E-state index in [9.17, 15) is 4.79 Å². The zero-order valence-corrected chi connectivity index (χ0v) is 13.1. The van der Waals surface area contributed by atoms with E-state index in [1.807, 2.05) is 31.9 Å². The van der Waals surface area contributed by atoms with Crippen LogP contribution in [0, 0.1) is 0 Å². The fourth-order valence-electron chi connectivity index (χ4n) is 1.67. The standard InChI is InChI=1S/C13H19BrN4O/c1-8(2)13-16-10(14)6-11(17-13)18(3)7-12(19)15-9-4-5-9/h6,8-9H,4-5,7H2,1-3H3,(H,15,19). The summed E-state index contributed by atoms with van der Waals surface area (Å²) in [6.07, 6.45) is 2.21. The molecule has 1 aromatic rings. The smallest absolute Gasteiger partial charge is 0.239 e. The third kappa shape index (κ3) is 4.16. The van der Waals surface area contributed by atoms with Gasteiger partial charge in [-0.1, -0.05) is 13.8 Å². The molecule has 1 aliphatic rings. The highest BCUT2D eigenvalue weighted by Gasteiger charge is 2.23. The maximum atomic E-state index is 11.8. The number of halogens is 1. The van der Waals surface area contributed by atoms with Crippen molar-refractivity contribution < 1.29 is 4.79 Å². The predicted octanol–water partition coefficient (Wildman–Crippen LogP) is 2.08. The number of likely N-dealkylation sites (N-methyl/N-ethyl adjacent to an activating group) is 1. The minimum atomic E-state index is 0.0471. The molecule has 0 aromatic carbocycles. The molecule has 1 saturated carbocycles. The van der Waals surface area contributed by atoms with Gasteiger partial charge in [-0.05, 0) is 28.8 Å². The van der Waals surface area contributed by atoms with Gasteiger partial charge in [-0.15, -0.1) is 0 Å². The van der Waals surface area contributed by atoms with Crippen LogP contribution in [0.1, 0.15) is 38.4 Å². The van der Waals surface area contributed by atoms with Crippen LogP contribution in [0.3, 0.4) is 0 Å². The number of aromatic nitrogens is 2. The summed E-state index contributed by atoms with van der Waals surface area (Å²) < 4.78 is 0.746. The highest BCUT2D eigenvalue weighted by atomic mass is 79.9. The van der Waals surface area contributed by atoms with E-state index in [4.69, 9.17) is 0 Å². The molecule has 104 valence electrons. The van der Waals surface area contributed by atoms with E-state index < -0.39 is 0 Å². The Morgan fingerprint density at radius 3 is 2.79 bits per heavy atom. The first kappa shape index (κ1) is 14.2. The van der Waals surface area contributed by atoms with Crippen molar-refractivity contribution >= 4 is 27.7 Å². The fraction of sp³-hybridized carbons (Fsp3) is 0.615. The van der Waals surface area contributed by atoms with Gasteiger partial charge in [-0.3, -0.25) is 4.79 Å². The van der Waals surface area contributed by atoms with Crippen molar-refractivity contribution in [2.24, 2.45) is 0 Å². The van der Waals surface area contributed by atoms with Crippen molar-refractivity contribution in [1.82, 2.24) is 15.3 Å². The van der Waals surface area contributed by atoms with Crippen molar-refractivity contribution in [2.75, 3.05) is 18.5 Å². The van der Waals surface area contributed by atoms with Gasteiger partial charge < -0.3 is 10.2 Å². The minimum absolute atomic E-state index is 0.0471. The number of hydrogen-bond donors (Lipinski definition) is 1. The molecule has 1 N–H and O–H groups in total. The van der Waals surface area contributed by atoms with Gasteiger partial charge in [0, 0.05) is 25.1 Å². The summed E-state index contributed by atoms with van der Waals surface area (Å²) in [6.45, 7) is 4.41. The number of nitrogens with one attached hydrogen (secondary N) is 1. The van der Waals surface area contributed by atoms with Gasteiger partial charge in [0.1, 0.15) is 16.2 Å². The van der Waals surface area contributed by atoms with Crippen molar-refractivity contribution in [1.29, 1.82) is 0 Å². The van der Waals surface area contributed by atoms with Crippen LogP contribution in [0.4, 0.5) is 5.82 Å². The Labute approximate surface area is 121 Å². The van der Waals surface area contributed by atoms with Crippen LogP contribution in [-0.2, 0) is 4.79 Å². The molecular weight excluding hydrogens is 308 g/mol. The van der Waals surface area contributed by atoms with Gasteiger partial charge in [0.2, 0.25) is 5.91 Å². The second-order valence-corrected chi connectivity index (χ2v) is 6.07. The molecule has 2 rings (SSSR count). The van der Waals surface area contributed by atoms with Crippen LogP contribution in [0.25, 0.3) is 0 Å². The van der Waals surface area contributed by atoms with Gasteiger partial charge >= 0.3 is 0 Å². The summed E-state index contributed by atoms with van der Waals surface area (Å²) in [5.41, 5.74) is 0. The van der Waals surface area contributed by atoms with E-state index in [1.165, 1.54) is 0 Å². The second kappa shape index (κ2) is 5.86. The number of carbonyl (C=O) groups is 1. The van der Waals surface area contributed by atoms with Gasteiger partial charge in [-0.25, -0.2) is 9.97 Å². The highest BCUT2D eigenvalue weighted by molar-refractivity contribution is 9.10. The van der Waals surface area contributed by atoms with E-state index in [-0.39, 0.29) is 11.8 Å². The van der Waals surface area contributed by atoms with Gasteiger partial charge in [-0.2, -0.15) is 0 Å². The number of rotatable bonds is 5. The summed E-state index contributed by atoms with van der Waals surface area (Å²) >= 11 is 3.39. The van der Waals surface area contributed by atoms with E-state index in [0.717, 1.165) is 29.1 Å². The van der Waals surface area contributed by atoms with Crippen LogP contribution in [-0.4, -0.2) is 35.5 Å². The molecule has 0 unspecified atom stereocenters. The van der Waals surface area contributed by atoms with Crippen LogP contribution in [0.2, 0.25) is 0 Å². The van der Waals surface area contributed by atoms with E-state index >= 15 is 0 Å². The first-order chi connectivity index (χ1) is 8.95. The quantitative estimate of drug-likeness (QED) is 0.841. The lowest BCUT2D eigenvalue weighted by atomic mass is 10.2. The summed E-state index contributed by atoms with van der Waals surface area (Å²) in [4.78, 5) is 22.4. The van der Waals surface area contributed by atoms with Crippen molar-refractivity contribution in [3.05, 3.63) is 16.5 Å². The van der Waals surface area contributed by atoms with Crippen LogP contribution >= 0.6 is 15.9 Å². The second-order valence-electron chi connectivity index (χ2n) is 5.26. The molecule has 1 heterocycles. The summed E-state index contributed by atoms with van der Waals surface area (Å²) in [6, 6.07) is 2.22. The van der Waals surface area contributed by atoms with Crippen molar-refractivity contribution in [2.45, 2.75) is 38.6 Å². The Balaban J connectivity index is 2.04. The number of hydrogen-bond acceptors (Lipinski definition) is 4. The summed E-state index contributed by atoms with van der Waals surface area (Å²) in [7, 11) is 1.87. The molecule has 0 radical (unpaired) electrons. The fourth-order valence-corrected chi connectivity index (χ4v) is 2.06. The van der Waals surface area contributed by atoms with Gasteiger partial charge in [0.15, 0.2) is 0 Å². The summed E-state index contributed by atoms with van der Waals surface area (Å²) in [5, 5.41) is 2.97. The molecule has 19 heavy (non-hydrogen) atoms. The van der Waals surface area contributed by atoms with Crippen LogP contribution < -0.4 is 10.2 Å². The van der Waals surface area contributed by atoms with Crippen LogP contribution in [0.15, 0.2) is 10.7 Å². The van der Waals surface area contributed by atoms with E-state index in [0.29, 0.717) is 12.6 Å². The summed E-state index contributed by atoms with van der Waals surface area (Å²) in [5.74, 6) is 1.84. The first-order valence-electron chi connectivity index (χ1n) is 6.50. The largest absolute Gasteiger partial charge is 0.352 e. The normalized spacial score (nSPS) is 14.6. The Bertz CT molecular complexity index is 474. The molecular formula is C13H19BrN4O. The lowest BCUT2D eigenvalue weighted by molar-refractivity contribution is -0.119. The molecule has 6 heteroatoms. The molecule has 0 bridgehead atoms. The third-order valence-corrected chi connectivity index (χ3v) is 3.34. The maximum Gasteiger partial charge on any atom is 0.239 e. The molecule has 1 fully saturated rings. The average Bonchev–Trinajstić information content (AvgIpc) is 3.11. The van der Waals surface area contributed by atoms with E-state index in [1.54, 1.807) is 0 Å². The molecule has 5 nitrogen and oxygen atoms in total. The van der Waals surface area contributed by atoms with Gasteiger partial charge in [0.25, 0.3) is 0 Å². The number of anilines is 1. The Morgan fingerprint density at radius 1 is 1.53 bits per heavy atom. The van der Waals surface area contributed by atoms with Crippen molar-refractivity contribution in [3.63, 3.8) is 0 Å². The minimum Gasteiger partial charge on any atom is -0.352 e. The van der Waals surface area contributed by atoms with Crippen LogP contribution in [0.5, 0.6) is 0 Å². The molecule has 0 spiro atoms. The topological polar surface area (TPSA) is 58.1 Å². The SMILES string of the molecule is CC(C)c1nc(Br)cc(N(C)CC(=O)NC2CC2)n1. The molecule has 0 aliphatic heterocycles. The lowest BCUT2D eigenvalue weighted by Crippen LogP contribution is -2.36. The van der Waals surface area contributed by atoms with E-state index in [2.05, 4.69) is 31.2 Å². The third-order valence-electron chi connectivity index (χ3n) is 2.93. The molecule has 0 saturated heterocycles. The highest BCUT2D eigenvalue weighted by Crippen LogP contribution is 2.20. The van der Waals surface area contributed by atoms with Gasteiger partial charge in [0.05, 0.1) is 6.54 Å². The molecule has 1 aliphatic carbocycles. The molecule has 1 aromatic heterocycles. The zero-order valence-electron chi connectivity index (χ0n) is 11.5. The maximum absolute atomic E-state index is 11.8. The number of amides is 1.